The summed E-state index contributed by atoms with van der Waals surface area (Å²) in [5, 5.41) is 17.1. The molecule has 5 heteroatoms. The van der Waals surface area contributed by atoms with E-state index in [0.29, 0.717) is 13.1 Å². The summed E-state index contributed by atoms with van der Waals surface area (Å²) in [6.45, 7) is 7.32. The SMILES string of the molecule is Cc1ccc(C(=N)N)c(N2CC(CO)OC(C)(C)C2)c1. The predicted octanol–water partition coefficient (Wildman–Crippen LogP) is 1.26. The third-order valence-corrected chi connectivity index (χ3v) is 3.47. The molecule has 5 nitrogen and oxygen atoms in total. The summed E-state index contributed by atoms with van der Waals surface area (Å²) in [7, 11) is 0. The van der Waals surface area contributed by atoms with Gasteiger partial charge in [-0.15, -0.1) is 0 Å². The zero-order chi connectivity index (χ0) is 14.9. The maximum Gasteiger partial charge on any atom is 0.124 e. The fraction of sp³-hybridized carbons (Fsp3) is 0.533. The fourth-order valence-electron chi connectivity index (χ4n) is 2.71. The van der Waals surface area contributed by atoms with E-state index in [1.165, 1.54) is 0 Å². The standard InChI is InChI=1S/C15H23N3O2/c1-10-4-5-12(14(16)17)13(6-10)18-7-11(8-19)20-15(2,3)9-18/h4-6,11,19H,7-9H2,1-3H3,(H3,16,17). The zero-order valence-electron chi connectivity index (χ0n) is 12.3. The number of ether oxygens (including phenoxy) is 1. The first-order valence-electron chi connectivity index (χ1n) is 6.81. The Kier molecular flexibility index (Phi) is 4.01. The van der Waals surface area contributed by atoms with Crippen LogP contribution in [0.2, 0.25) is 0 Å². The summed E-state index contributed by atoms with van der Waals surface area (Å²) >= 11 is 0. The molecule has 2 rings (SSSR count). The summed E-state index contributed by atoms with van der Waals surface area (Å²) < 4.78 is 5.83. The van der Waals surface area contributed by atoms with Gasteiger partial charge >= 0.3 is 0 Å². The van der Waals surface area contributed by atoms with Crippen molar-refractivity contribution in [2.24, 2.45) is 5.73 Å². The van der Waals surface area contributed by atoms with Gasteiger partial charge in [-0.25, -0.2) is 0 Å². The summed E-state index contributed by atoms with van der Waals surface area (Å²) in [5.74, 6) is 0.0600. The number of morpholine rings is 1. The maximum atomic E-state index is 9.40. The van der Waals surface area contributed by atoms with Crippen molar-refractivity contribution in [3.63, 3.8) is 0 Å². The largest absolute Gasteiger partial charge is 0.394 e. The molecule has 0 aromatic heterocycles. The normalized spacial score (nSPS) is 21.8. The molecule has 1 unspecified atom stereocenters. The number of nitrogens with one attached hydrogen (secondary N) is 1. The van der Waals surface area contributed by atoms with Crippen molar-refractivity contribution in [2.45, 2.75) is 32.5 Å². The first-order chi connectivity index (χ1) is 9.32. The number of aliphatic hydroxyl groups excluding tert-OH is 1. The highest BCUT2D eigenvalue weighted by Gasteiger charge is 2.34. The molecule has 110 valence electrons. The van der Waals surface area contributed by atoms with Crippen LogP contribution in [0.15, 0.2) is 18.2 Å². The Bertz CT molecular complexity index is 514. The number of nitrogens with zero attached hydrogens (tertiary/aromatic N) is 1. The minimum atomic E-state index is -0.344. The Morgan fingerprint density at radius 1 is 1.55 bits per heavy atom. The molecule has 0 saturated carbocycles. The van der Waals surface area contributed by atoms with Gasteiger partial charge in [-0.05, 0) is 38.5 Å². The second kappa shape index (κ2) is 5.42. The summed E-state index contributed by atoms with van der Waals surface area (Å²) in [6, 6.07) is 5.87. The highest BCUT2D eigenvalue weighted by Crippen LogP contribution is 2.29. The van der Waals surface area contributed by atoms with Gasteiger partial charge in [0.05, 0.1) is 18.3 Å². The second-order valence-corrected chi connectivity index (χ2v) is 6.00. The quantitative estimate of drug-likeness (QED) is 0.574. The van der Waals surface area contributed by atoms with E-state index in [1.807, 2.05) is 39.0 Å². The van der Waals surface area contributed by atoms with Crippen LogP contribution in [-0.2, 0) is 4.74 Å². The van der Waals surface area contributed by atoms with Crippen LogP contribution in [-0.4, -0.2) is 42.3 Å². The molecule has 1 aliphatic rings. The number of hydrogen-bond donors (Lipinski definition) is 3. The average Bonchev–Trinajstić information content (AvgIpc) is 2.36. The van der Waals surface area contributed by atoms with Gasteiger partial charge in [0.15, 0.2) is 0 Å². The highest BCUT2D eigenvalue weighted by molar-refractivity contribution is 6.00. The van der Waals surface area contributed by atoms with E-state index >= 15 is 0 Å². The number of benzene rings is 1. The molecule has 1 fully saturated rings. The highest BCUT2D eigenvalue weighted by atomic mass is 16.5. The second-order valence-electron chi connectivity index (χ2n) is 6.00. The van der Waals surface area contributed by atoms with E-state index < -0.39 is 0 Å². The molecule has 1 aromatic carbocycles. The van der Waals surface area contributed by atoms with Gasteiger partial charge in [-0.1, -0.05) is 6.07 Å². The first-order valence-corrected chi connectivity index (χ1v) is 6.81. The topological polar surface area (TPSA) is 82.6 Å². The molecule has 20 heavy (non-hydrogen) atoms. The maximum absolute atomic E-state index is 9.40. The van der Waals surface area contributed by atoms with Crippen molar-refractivity contribution in [1.29, 1.82) is 5.41 Å². The average molecular weight is 277 g/mol. The smallest absolute Gasteiger partial charge is 0.124 e. The Hall–Kier alpha value is -1.59. The van der Waals surface area contributed by atoms with Gasteiger partial charge in [-0.2, -0.15) is 0 Å². The van der Waals surface area contributed by atoms with E-state index in [4.69, 9.17) is 15.9 Å². The molecule has 0 bridgehead atoms. The molecule has 0 aliphatic carbocycles. The number of aryl methyl sites for hydroxylation is 1. The lowest BCUT2D eigenvalue weighted by molar-refractivity contribution is -0.101. The number of aliphatic hydroxyl groups is 1. The van der Waals surface area contributed by atoms with Gasteiger partial charge < -0.3 is 20.5 Å². The van der Waals surface area contributed by atoms with Crippen molar-refractivity contribution in [1.82, 2.24) is 0 Å². The van der Waals surface area contributed by atoms with Crippen LogP contribution in [0.5, 0.6) is 0 Å². The van der Waals surface area contributed by atoms with Crippen molar-refractivity contribution >= 4 is 11.5 Å². The third kappa shape index (κ3) is 3.11. The monoisotopic (exact) mass is 277 g/mol. The number of nitrogen functional groups attached to an aromatic ring is 1. The first kappa shape index (κ1) is 14.8. The number of anilines is 1. The predicted molar refractivity (Wildman–Crippen MR) is 80.4 cm³/mol. The molecule has 1 aromatic rings. The Morgan fingerprint density at radius 3 is 2.85 bits per heavy atom. The Morgan fingerprint density at radius 2 is 2.25 bits per heavy atom. The van der Waals surface area contributed by atoms with Crippen LogP contribution >= 0.6 is 0 Å². The molecule has 0 radical (unpaired) electrons. The summed E-state index contributed by atoms with van der Waals surface area (Å²) in [6.07, 6.45) is -0.223. The molecule has 0 spiro atoms. The lowest BCUT2D eigenvalue weighted by Crippen LogP contribution is -2.54. The van der Waals surface area contributed by atoms with Gasteiger partial charge in [0.1, 0.15) is 5.84 Å². The van der Waals surface area contributed by atoms with Gasteiger partial charge in [0.25, 0.3) is 0 Å². The van der Waals surface area contributed by atoms with Gasteiger partial charge in [-0.3, -0.25) is 5.41 Å². The third-order valence-electron chi connectivity index (χ3n) is 3.47. The summed E-state index contributed by atoms with van der Waals surface area (Å²) in [5.41, 5.74) is 8.12. The molecular weight excluding hydrogens is 254 g/mol. The Balaban J connectivity index is 2.39. The van der Waals surface area contributed by atoms with Crippen LogP contribution in [0.25, 0.3) is 0 Å². The van der Waals surface area contributed by atoms with Crippen LogP contribution in [0.3, 0.4) is 0 Å². The minimum absolute atomic E-state index is 0.0127. The number of nitrogens with two attached hydrogens (primary N) is 1. The van der Waals surface area contributed by atoms with Gasteiger partial charge in [0, 0.05) is 24.3 Å². The van der Waals surface area contributed by atoms with Crippen molar-refractivity contribution < 1.29 is 9.84 Å². The lowest BCUT2D eigenvalue weighted by atomic mass is 10.0. The number of hydrogen-bond acceptors (Lipinski definition) is 4. The summed E-state index contributed by atoms with van der Waals surface area (Å²) in [4.78, 5) is 2.15. The van der Waals surface area contributed by atoms with E-state index in [-0.39, 0.29) is 24.1 Å². The van der Waals surface area contributed by atoms with Crippen LogP contribution in [0.1, 0.15) is 25.0 Å². The molecule has 1 saturated heterocycles. The molecule has 4 N–H and O–H groups in total. The van der Waals surface area contributed by atoms with E-state index in [9.17, 15) is 5.11 Å². The molecule has 1 atom stereocenters. The van der Waals surface area contributed by atoms with E-state index in [1.54, 1.807) is 0 Å². The zero-order valence-corrected chi connectivity index (χ0v) is 12.3. The minimum Gasteiger partial charge on any atom is -0.394 e. The molecule has 0 amide bonds. The molecule has 1 heterocycles. The van der Waals surface area contributed by atoms with Crippen LogP contribution in [0.4, 0.5) is 5.69 Å². The van der Waals surface area contributed by atoms with Crippen LogP contribution < -0.4 is 10.6 Å². The van der Waals surface area contributed by atoms with Gasteiger partial charge in [0.2, 0.25) is 0 Å². The van der Waals surface area contributed by atoms with Crippen molar-refractivity contribution in [3.05, 3.63) is 29.3 Å². The fourth-order valence-corrected chi connectivity index (χ4v) is 2.71. The number of amidine groups is 1. The van der Waals surface area contributed by atoms with Crippen LogP contribution in [0, 0.1) is 12.3 Å². The van der Waals surface area contributed by atoms with E-state index in [2.05, 4.69) is 4.90 Å². The Labute approximate surface area is 119 Å². The van der Waals surface area contributed by atoms with E-state index in [0.717, 1.165) is 16.8 Å². The van der Waals surface area contributed by atoms with Crippen molar-refractivity contribution in [3.8, 4) is 0 Å². The number of rotatable bonds is 3. The molecule has 1 aliphatic heterocycles. The van der Waals surface area contributed by atoms with Crippen molar-refractivity contribution in [2.75, 3.05) is 24.6 Å². The lowest BCUT2D eigenvalue weighted by Gasteiger charge is -2.44. The molecular formula is C15H23N3O2.